The van der Waals surface area contributed by atoms with Gasteiger partial charge in [0.1, 0.15) is 29.0 Å². The first-order valence-electron chi connectivity index (χ1n) is 11.9. The molecule has 37 heavy (non-hydrogen) atoms. The summed E-state index contributed by atoms with van der Waals surface area (Å²) in [6.45, 7) is 1.49. The molecule has 194 valence electrons. The predicted molar refractivity (Wildman–Crippen MR) is 125 cm³/mol. The van der Waals surface area contributed by atoms with Crippen LogP contribution in [-0.2, 0) is 16.0 Å². The number of nitrogens with zero attached hydrogens (tertiary/aromatic N) is 2. The van der Waals surface area contributed by atoms with Crippen molar-refractivity contribution in [3.63, 3.8) is 0 Å². The molecule has 1 aromatic carbocycles. The predicted octanol–water partition coefficient (Wildman–Crippen LogP) is 0.729. The summed E-state index contributed by atoms with van der Waals surface area (Å²) in [6.07, 6.45) is 1.52. The fourth-order valence-corrected chi connectivity index (χ4v) is 6.04. The lowest BCUT2D eigenvalue weighted by molar-refractivity contribution is -0.143. The minimum Gasteiger partial charge on any atom is -0.509 e. The van der Waals surface area contributed by atoms with Crippen LogP contribution in [0.5, 0.6) is 5.75 Å². The van der Waals surface area contributed by atoms with E-state index >= 15 is 4.39 Å². The van der Waals surface area contributed by atoms with Gasteiger partial charge in [0.05, 0.1) is 23.8 Å². The van der Waals surface area contributed by atoms with Gasteiger partial charge in [-0.25, -0.2) is 4.39 Å². The number of ketones is 2. The standard InChI is InChI=1S/C25H25FN4O7/c26-14-7-15(29-16(31)9-30-3-1-2-4-30)21(33)18-11(14)5-10-6-13-19(28)20(32)12(8-27)23(35)25(13,37)24(36)17(10)22(18)34/h7,10,13,19,32-33,36-37H,1-6,9,28H2,(H,29,31)/t10-,13-,19-,25+/m0/s1. The summed E-state index contributed by atoms with van der Waals surface area (Å²) in [5.74, 6) is -8.38. The van der Waals surface area contributed by atoms with Gasteiger partial charge in [0.2, 0.25) is 11.7 Å². The van der Waals surface area contributed by atoms with E-state index in [9.17, 15) is 40.1 Å². The van der Waals surface area contributed by atoms with Gasteiger partial charge in [-0.1, -0.05) is 0 Å². The van der Waals surface area contributed by atoms with Crippen LogP contribution in [0.25, 0.3) is 0 Å². The fraction of sp³-hybridized carbons (Fsp3) is 0.440. The Bertz CT molecular complexity index is 1360. The third-order valence-electron chi connectivity index (χ3n) is 7.91. The normalized spacial score (nSPS) is 29.5. The molecule has 0 saturated carbocycles. The number of likely N-dealkylation sites (tertiary alicyclic amines) is 1. The quantitative estimate of drug-likeness (QED) is 0.314. The van der Waals surface area contributed by atoms with E-state index < -0.39 is 80.7 Å². The number of aliphatic hydroxyl groups is 3. The summed E-state index contributed by atoms with van der Waals surface area (Å²) >= 11 is 0. The number of fused-ring (bicyclic) bond motifs is 3. The van der Waals surface area contributed by atoms with Crippen LogP contribution in [0.4, 0.5) is 10.1 Å². The molecule has 12 heteroatoms. The number of halogens is 1. The molecule has 0 spiro atoms. The third-order valence-corrected chi connectivity index (χ3v) is 7.91. The van der Waals surface area contributed by atoms with Gasteiger partial charge in [0.15, 0.2) is 17.1 Å². The molecular formula is C25H25FN4O7. The second-order valence-corrected chi connectivity index (χ2v) is 9.97. The molecule has 1 fully saturated rings. The molecule has 1 aliphatic heterocycles. The van der Waals surface area contributed by atoms with E-state index in [0.717, 1.165) is 32.0 Å². The lowest BCUT2D eigenvalue weighted by Gasteiger charge is -2.47. The maximum Gasteiger partial charge on any atom is 0.238 e. The Morgan fingerprint density at radius 3 is 2.59 bits per heavy atom. The van der Waals surface area contributed by atoms with Crippen LogP contribution in [-0.4, -0.2) is 74.1 Å². The Labute approximate surface area is 210 Å². The van der Waals surface area contributed by atoms with E-state index in [4.69, 9.17) is 5.73 Å². The Hall–Kier alpha value is -3.79. The maximum atomic E-state index is 15.2. The molecule has 1 amide bonds. The van der Waals surface area contributed by atoms with Crippen LogP contribution in [0.3, 0.4) is 0 Å². The number of hydrogen-bond acceptors (Lipinski definition) is 10. The Morgan fingerprint density at radius 2 is 1.95 bits per heavy atom. The summed E-state index contributed by atoms with van der Waals surface area (Å²) in [5, 5.41) is 55.1. The highest BCUT2D eigenvalue weighted by Crippen LogP contribution is 2.52. The monoisotopic (exact) mass is 512 g/mol. The Balaban J connectivity index is 1.56. The van der Waals surface area contributed by atoms with Gasteiger partial charge in [0.25, 0.3) is 0 Å². The highest BCUT2D eigenvalue weighted by atomic mass is 19.1. The van der Waals surface area contributed by atoms with Gasteiger partial charge in [-0.2, -0.15) is 5.26 Å². The molecule has 1 saturated heterocycles. The first kappa shape index (κ1) is 24.9. The number of nitrogens with two attached hydrogens (primary N) is 1. The summed E-state index contributed by atoms with van der Waals surface area (Å²) in [6, 6.07) is 0.986. The number of phenols is 1. The molecule has 7 N–H and O–H groups in total. The third kappa shape index (κ3) is 3.53. The van der Waals surface area contributed by atoms with Gasteiger partial charge in [-0.15, -0.1) is 0 Å². The van der Waals surface area contributed by atoms with E-state index in [1.165, 1.54) is 6.07 Å². The van der Waals surface area contributed by atoms with E-state index in [1.807, 2.05) is 4.90 Å². The fourth-order valence-electron chi connectivity index (χ4n) is 6.04. The summed E-state index contributed by atoms with van der Waals surface area (Å²) < 4.78 is 15.2. The highest BCUT2D eigenvalue weighted by Gasteiger charge is 2.61. The maximum absolute atomic E-state index is 15.2. The lowest BCUT2D eigenvalue weighted by Crippen LogP contribution is -2.62. The molecule has 0 radical (unpaired) electrons. The van der Waals surface area contributed by atoms with Crippen molar-refractivity contribution in [1.82, 2.24) is 4.90 Å². The number of benzene rings is 1. The summed E-state index contributed by atoms with van der Waals surface area (Å²) in [5.41, 5.74) is 1.01. The van der Waals surface area contributed by atoms with Crippen molar-refractivity contribution in [3.05, 3.63) is 45.7 Å². The number of aliphatic hydroxyl groups excluding tert-OH is 2. The number of aromatic hydroxyl groups is 1. The number of Topliss-reactive ketones (excluding diaryl/α,β-unsaturated/α-hetero) is 2. The van der Waals surface area contributed by atoms with Crippen molar-refractivity contribution in [3.8, 4) is 11.8 Å². The zero-order chi connectivity index (χ0) is 26.8. The molecule has 11 nitrogen and oxygen atoms in total. The number of anilines is 1. The van der Waals surface area contributed by atoms with E-state index in [1.54, 1.807) is 0 Å². The number of nitriles is 1. The SMILES string of the molecule is N#CC1=C(O)[C@@H](N)[C@@H]2C[C@@H]3Cc4c(F)cc(NC(=O)CN5CCCC5)c(O)c4C(=O)C3=C(O)[C@]2(O)C1=O. The number of amides is 1. The molecule has 3 aliphatic carbocycles. The van der Waals surface area contributed by atoms with Crippen LogP contribution in [0.2, 0.25) is 0 Å². The van der Waals surface area contributed by atoms with E-state index in [2.05, 4.69) is 5.32 Å². The lowest BCUT2D eigenvalue weighted by atomic mass is 9.59. The molecule has 4 atom stereocenters. The van der Waals surface area contributed by atoms with Crippen LogP contribution >= 0.6 is 0 Å². The van der Waals surface area contributed by atoms with Crippen LogP contribution < -0.4 is 11.1 Å². The van der Waals surface area contributed by atoms with Crippen molar-refractivity contribution >= 4 is 23.2 Å². The first-order valence-corrected chi connectivity index (χ1v) is 11.9. The number of carbonyl (C=O) groups excluding carboxylic acids is 3. The minimum atomic E-state index is -2.76. The van der Waals surface area contributed by atoms with Crippen molar-refractivity contribution < 1.29 is 39.2 Å². The largest absolute Gasteiger partial charge is 0.509 e. The first-order chi connectivity index (χ1) is 17.5. The zero-order valence-electron chi connectivity index (χ0n) is 19.6. The van der Waals surface area contributed by atoms with Gasteiger partial charge in [-0.3, -0.25) is 19.3 Å². The smallest absolute Gasteiger partial charge is 0.238 e. The van der Waals surface area contributed by atoms with Crippen LogP contribution in [0, 0.1) is 29.0 Å². The molecule has 5 rings (SSSR count). The van der Waals surface area contributed by atoms with E-state index in [0.29, 0.717) is 0 Å². The van der Waals surface area contributed by atoms with Crippen molar-refractivity contribution in [2.45, 2.75) is 37.3 Å². The molecule has 1 heterocycles. The molecule has 0 aromatic heterocycles. The van der Waals surface area contributed by atoms with Crippen LogP contribution in [0.1, 0.15) is 35.2 Å². The van der Waals surface area contributed by atoms with Gasteiger partial charge in [-0.05, 0) is 44.7 Å². The average Bonchev–Trinajstić information content (AvgIpc) is 3.36. The van der Waals surface area contributed by atoms with Gasteiger partial charge in [0, 0.05) is 23.1 Å². The van der Waals surface area contributed by atoms with E-state index in [-0.39, 0.29) is 30.6 Å². The molecular weight excluding hydrogens is 487 g/mol. The molecule has 0 unspecified atom stereocenters. The number of allylic oxidation sites excluding steroid dienone is 1. The number of rotatable bonds is 3. The van der Waals surface area contributed by atoms with Crippen LogP contribution in [0.15, 0.2) is 28.7 Å². The molecule has 4 aliphatic rings. The van der Waals surface area contributed by atoms with Crippen molar-refractivity contribution in [2.24, 2.45) is 17.6 Å². The van der Waals surface area contributed by atoms with Crippen molar-refractivity contribution in [1.29, 1.82) is 5.26 Å². The molecule has 0 bridgehead atoms. The number of phenolic OH excluding ortho intramolecular Hbond substituents is 1. The summed E-state index contributed by atoms with van der Waals surface area (Å²) in [7, 11) is 0. The van der Waals surface area contributed by atoms with Gasteiger partial charge < -0.3 is 31.5 Å². The average molecular weight is 512 g/mol. The molecule has 1 aromatic rings. The number of carbonyl (C=O) groups is 3. The topological polar surface area (TPSA) is 197 Å². The van der Waals surface area contributed by atoms with Gasteiger partial charge >= 0.3 is 0 Å². The Kier molecular flexibility index (Phi) is 5.82. The highest BCUT2D eigenvalue weighted by molar-refractivity contribution is 6.17. The minimum absolute atomic E-state index is 0.0263. The Morgan fingerprint density at radius 1 is 1.27 bits per heavy atom. The van der Waals surface area contributed by atoms with Crippen molar-refractivity contribution in [2.75, 3.05) is 25.0 Å². The number of nitrogens with one attached hydrogen (secondary N) is 1. The summed E-state index contributed by atoms with van der Waals surface area (Å²) in [4.78, 5) is 40.8. The second kappa shape index (κ2) is 8.65. The second-order valence-electron chi connectivity index (χ2n) is 9.97. The zero-order valence-corrected chi connectivity index (χ0v) is 19.6. The number of hydrogen-bond donors (Lipinski definition) is 6.